The van der Waals surface area contributed by atoms with E-state index < -0.39 is 11.2 Å². The van der Waals surface area contributed by atoms with E-state index >= 15 is 0 Å². The summed E-state index contributed by atoms with van der Waals surface area (Å²) in [6.45, 7) is 2.64. The van der Waals surface area contributed by atoms with Crippen molar-refractivity contribution in [1.82, 2.24) is 9.88 Å². The summed E-state index contributed by atoms with van der Waals surface area (Å²) in [6.07, 6.45) is 4.12. The molecule has 2 fully saturated rings. The zero-order valence-corrected chi connectivity index (χ0v) is 22.3. The van der Waals surface area contributed by atoms with Gasteiger partial charge in [-0.2, -0.15) is 0 Å². The highest BCUT2D eigenvalue weighted by atomic mass is 79.9. The van der Waals surface area contributed by atoms with Gasteiger partial charge < -0.3 is 19.5 Å². The van der Waals surface area contributed by atoms with Crippen LogP contribution in [0.1, 0.15) is 48.3 Å². The summed E-state index contributed by atoms with van der Waals surface area (Å²) in [5.41, 5.74) is 0.309. The van der Waals surface area contributed by atoms with Crippen molar-refractivity contribution >= 4 is 27.5 Å². The van der Waals surface area contributed by atoms with Crippen LogP contribution in [0.15, 0.2) is 65.1 Å². The molecule has 0 spiro atoms. The minimum absolute atomic E-state index is 0.0502. The number of benzene rings is 2. The maximum Gasteiger partial charge on any atom is 0.224 e. The van der Waals surface area contributed by atoms with Gasteiger partial charge in [0, 0.05) is 16.5 Å². The number of pyridine rings is 1. The maximum absolute atomic E-state index is 12.2. The van der Waals surface area contributed by atoms with Gasteiger partial charge in [-0.25, -0.2) is 4.98 Å². The number of rotatable bonds is 3. The Morgan fingerprint density at radius 1 is 1.11 bits per heavy atom. The third-order valence-electron chi connectivity index (χ3n) is 7.50. The number of hydrogen-bond donors (Lipinski definition) is 1. The third kappa shape index (κ3) is 4.14. The summed E-state index contributed by atoms with van der Waals surface area (Å²) < 4.78 is 13.1. The highest BCUT2D eigenvalue weighted by Gasteiger charge is 2.69. The van der Waals surface area contributed by atoms with E-state index in [0.29, 0.717) is 23.6 Å². The van der Waals surface area contributed by atoms with E-state index in [1.807, 2.05) is 42.5 Å². The van der Waals surface area contributed by atoms with Crippen LogP contribution in [-0.2, 0) is 11.2 Å². The van der Waals surface area contributed by atoms with E-state index in [2.05, 4.69) is 45.0 Å². The summed E-state index contributed by atoms with van der Waals surface area (Å²) >= 11 is 9.72. The van der Waals surface area contributed by atoms with Gasteiger partial charge in [-0.1, -0.05) is 70.0 Å². The summed E-state index contributed by atoms with van der Waals surface area (Å²) in [5.74, 6) is 0.779. The lowest BCUT2D eigenvalue weighted by Crippen LogP contribution is -2.48. The van der Waals surface area contributed by atoms with Crippen molar-refractivity contribution in [2.75, 3.05) is 27.2 Å². The first kappa shape index (κ1) is 24.6. The number of likely N-dealkylation sites (tertiary alicyclic amines) is 1. The SMILES string of the molecule is CN1CCCC1.COc1nc(Cl)cc2c1C1(O)CCC(c3ccccc3)C1(c1ccc(Br)cc1)O2. The number of nitrogens with zero attached hydrogens (tertiary/aromatic N) is 2. The molecule has 7 heteroatoms. The number of halogens is 2. The monoisotopic (exact) mass is 556 g/mol. The molecule has 2 aliphatic heterocycles. The fourth-order valence-electron chi connectivity index (χ4n) is 5.91. The topological polar surface area (TPSA) is 54.8 Å². The van der Waals surface area contributed by atoms with E-state index in [4.69, 9.17) is 21.1 Å². The summed E-state index contributed by atoms with van der Waals surface area (Å²) in [4.78, 5) is 6.66. The zero-order valence-electron chi connectivity index (χ0n) is 20.0. The summed E-state index contributed by atoms with van der Waals surface area (Å²) in [6, 6.07) is 19.8. The Kier molecular flexibility index (Phi) is 6.83. The molecule has 0 amide bonds. The molecule has 0 radical (unpaired) electrons. The Morgan fingerprint density at radius 2 is 1.80 bits per heavy atom. The first-order valence-electron chi connectivity index (χ1n) is 12.0. The summed E-state index contributed by atoms with van der Waals surface area (Å²) in [5, 5.41) is 12.5. The van der Waals surface area contributed by atoms with E-state index in [1.165, 1.54) is 33.0 Å². The molecule has 1 N–H and O–H groups in total. The minimum atomic E-state index is -1.29. The fraction of sp³-hybridized carbons (Fsp3) is 0.393. The van der Waals surface area contributed by atoms with Crippen molar-refractivity contribution in [2.45, 2.75) is 42.8 Å². The number of aromatic nitrogens is 1. The molecule has 3 atom stereocenters. The van der Waals surface area contributed by atoms with Gasteiger partial charge in [0.2, 0.25) is 5.88 Å². The van der Waals surface area contributed by atoms with Crippen LogP contribution in [-0.4, -0.2) is 42.2 Å². The molecule has 1 saturated carbocycles. The first-order valence-corrected chi connectivity index (χ1v) is 13.2. The van der Waals surface area contributed by atoms with Gasteiger partial charge in [-0.3, -0.25) is 0 Å². The van der Waals surface area contributed by atoms with Gasteiger partial charge in [0.15, 0.2) is 5.60 Å². The first-order chi connectivity index (χ1) is 16.9. The largest absolute Gasteiger partial charge is 0.481 e. The van der Waals surface area contributed by atoms with Gasteiger partial charge in [0.25, 0.3) is 0 Å². The van der Waals surface area contributed by atoms with Gasteiger partial charge >= 0.3 is 0 Å². The highest BCUT2D eigenvalue weighted by molar-refractivity contribution is 9.10. The predicted molar refractivity (Wildman–Crippen MR) is 141 cm³/mol. The molecule has 3 heterocycles. The molecule has 1 saturated heterocycles. The van der Waals surface area contributed by atoms with Crippen molar-refractivity contribution in [3.8, 4) is 11.6 Å². The van der Waals surface area contributed by atoms with Crippen LogP contribution in [0.5, 0.6) is 11.6 Å². The molecular formula is C28H30BrClN2O3. The molecule has 1 aromatic heterocycles. The van der Waals surface area contributed by atoms with Crippen LogP contribution in [0.2, 0.25) is 5.15 Å². The normalized spacial score (nSPS) is 26.9. The molecule has 184 valence electrons. The van der Waals surface area contributed by atoms with Gasteiger partial charge in [-0.15, -0.1) is 0 Å². The molecule has 5 nitrogen and oxygen atoms in total. The molecule has 0 bridgehead atoms. The Bertz CT molecular complexity index is 1190. The van der Waals surface area contributed by atoms with Crippen LogP contribution < -0.4 is 9.47 Å². The lowest BCUT2D eigenvalue weighted by Gasteiger charge is -2.40. The second-order valence-corrected chi connectivity index (χ2v) is 10.8. The fourth-order valence-corrected chi connectivity index (χ4v) is 6.35. The standard InChI is InChI=1S/C23H19BrClNO3.C5H11N/c1-28-21-20-18(13-19(25)26-21)29-23(15-7-9-16(24)10-8-15)17(11-12-22(20,23)27)14-5-3-2-4-6-14;1-6-4-2-3-5-6/h2-10,13,17,27H,11-12H2,1H3;2-5H2,1H3. The quantitative estimate of drug-likeness (QED) is 0.385. The second kappa shape index (κ2) is 9.74. The van der Waals surface area contributed by atoms with Crippen LogP contribution in [0.4, 0.5) is 0 Å². The van der Waals surface area contributed by atoms with Crippen LogP contribution >= 0.6 is 27.5 Å². The molecule has 3 aliphatic rings. The molecule has 1 aliphatic carbocycles. The lowest BCUT2D eigenvalue weighted by atomic mass is 9.72. The second-order valence-electron chi connectivity index (χ2n) is 9.54. The van der Waals surface area contributed by atoms with Crippen molar-refractivity contribution in [3.05, 3.63) is 87.0 Å². The number of hydrogen-bond acceptors (Lipinski definition) is 5. The van der Waals surface area contributed by atoms with Crippen molar-refractivity contribution in [3.63, 3.8) is 0 Å². The number of ether oxygens (including phenoxy) is 2. The van der Waals surface area contributed by atoms with Crippen LogP contribution in [0.3, 0.4) is 0 Å². The van der Waals surface area contributed by atoms with Crippen LogP contribution in [0, 0.1) is 0 Å². The summed E-state index contributed by atoms with van der Waals surface area (Å²) in [7, 11) is 3.71. The molecule has 3 aromatic rings. The lowest BCUT2D eigenvalue weighted by molar-refractivity contribution is -0.106. The van der Waals surface area contributed by atoms with E-state index in [0.717, 1.165) is 22.0 Å². The Balaban J connectivity index is 0.000000371. The van der Waals surface area contributed by atoms with Crippen molar-refractivity contribution < 1.29 is 14.6 Å². The third-order valence-corrected chi connectivity index (χ3v) is 8.22. The Labute approximate surface area is 220 Å². The van der Waals surface area contributed by atoms with E-state index in [1.54, 1.807) is 6.07 Å². The van der Waals surface area contributed by atoms with Gasteiger partial charge in [0.1, 0.15) is 16.5 Å². The number of methoxy groups -OCH3 is 1. The van der Waals surface area contributed by atoms with E-state index in [9.17, 15) is 5.11 Å². The Hall–Kier alpha value is -2.12. The molecule has 6 rings (SSSR count). The minimum Gasteiger partial charge on any atom is -0.481 e. The number of fused-ring (bicyclic) bond motifs is 3. The predicted octanol–water partition coefficient (Wildman–Crippen LogP) is 6.27. The van der Waals surface area contributed by atoms with Crippen molar-refractivity contribution in [1.29, 1.82) is 0 Å². The van der Waals surface area contributed by atoms with Gasteiger partial charge in [-0.05, 0) is 69.1 Å². The molecule has 3 unspecified atom stereocenters. The highest BCUT2D eigenvalue weighted by Crippen LogP contribution is 2.68. The molecule has 2 aromatic carbocycles. The number of aliphatic hydroxyl groups is 1. The average Bonchev–Trinajstić information content (AvgIpc) is 3.51. The molecule has 35 heavy (non-hydrogen) atoms. The smallest absolute Gasteiger partial charge is 0.224 e. The van der Waals surface area contributed by atoms with Crippen molar-refractivity contribution in [2.24, 2.45) is 0 Å². The average molecular weight is 558 g/mol. The van der Waals surface area contributed by atoms with Crippen LogP contribution in [0.25, 0.3) is 0 Å². The maximum atomic E-state index is 12.2. The molecular weight excluding hydrogens is 528 g/mol. The Morgan fingerprint density at radius 3 is 2.40 bits per heavy atom. The zero-order chi connectivity index (χ0) is 24.6. The van der Waals surface area contributed by atoms with E-state index in [-0.39, 0.29) is 11.1 Å². The van der Waals surface area contributed by atoms with Gasteiger partial charge in [0.05, 0.1) is 12.7 Å².